The number of nitrogens with zero attached hydrogens (tertiary/aromatic N) is 4. The largest absolute Gasteiger partial charge is 0.369 e. The van der Waals surface area contributed by atoms with Gasteiger partial charge in [-0.15, -0.1) is 0 Å². The molecule has 2 heterocycles. The van der Waals surface area contributed by atoms with Gasteiger partial charge in [0.05, 0.1) is 0 Å². The number of ketones is 1. The third kappa shape index (κ3) is 8.37. The van der Waals surface area contributed by atoms with E-state index in [4.69, 9.17) is 0 Å². The third-order valence-electron chi connectivity index (χ3n) is 10.2. The molecule has 252 valence electrons. The number of anilines is 2. The summed E-state index contributed by atoms with van der Waals surface area (Å²) in [5, 5.41) is 0. The normalized spacial score (nSPS) is 16.7. The number of hydrogen-bond acceptors (Lipinski definition) is 5. The molecule has 48 heavy (non-hydrogen) atoms. The highest BCUT2D eigenvalue weighted by Crippen LogP contribution is 2.27. The lowest BCUT2D eigenvalue weighted by Crippen LogP contribution is -2.46. The maximum atomic E-state index is 13.3. The van der Waals surface area contributed by atoms with E-state index in [1.807, 2.05) is 24.3 Å². The van der Waals surface area contributed by atoms with Gasteiger partial charge in [0.15, 0.2) is 5.78 Å². The van der Waals surface area contributed by atoms with Crippen molar-refractivity contribution in [1.82, 2.24) is 9.80 Å². The van der Waals surface area contributed by atoms with Crippen LogP contribution in [0.3, 0.4) is 0 Å². The van der Waals surface area contributed by atoms with E-state index in [1.54, 1.807) is 0 Å². The SMILES string of the molecule is CC(C)(C)c1ccc(N2CCN(Cc3ccc(C(=O)c4ccc(CN5CCN(c6ccc(C(C)(C)C)cc6)CC5)cc4)cc3)CC2)cc1. The zero-order valence-corrected chi connectivity index (χ0v) is 30.0. The predicted molar refractivity (Wildman–Crippen MR) is 202 cm³/mol. The van der Waals surface area contributed by atoms with Gasteiger partial charge in [-0.3, -0.25) is 14.6 Å². The average molecular weight is 643 g/mol. The smallest absolute Gasteiger partial charge is 0.193 e. The molecule has 0 aromatic heterocycles. The first-order chi connectivity index (χ1) is 22.9. The zero-order valence-electron chi connectivity index (χ0n) is 30.0. The Morgan fingerprint density at radius 3 is 1.06 bits per heavy atom. The molecule has 0 radical (unpaired) electrons. The van der Waals surface area contributed by atoms with Crippen molar-refractivity contribution >= 4 is 17.2 Å². The summed E-state index contributed by atoms with van der Waals surface area (Å²) in [6, 6.07) is 34.7. The Kier molecular flexibility index (Phi) is 10.1. The van der Waals surface area contributed by atoms with Crippen LogP contribution < -0.4 is 9.80 Å². The monoisotopic (exact) mass is 642 g/mol. The van der Waals surface area contributed by atoms with E-state index in [1.165, 1.54) is 33.6 Å². The van der Waals surface area contributed by atoms with Crippen LogP contribution in [0.5, 0.6) is 0 Å². The molecule has 0 aliphatic carbocycles. The first-order valence-electron chi connectivity index (χ1n) is 17.8. The van der Waals surface area contributed by atoms with Gasteiger partial charge in [0, 0.05) is 87.9 Å². The lowest BCUT2D eigenvalue weighted by atomic mass is 9.87. The summed E-state index contributed by atoms with van der Waals surface area (Å²) < 4.78 is 0. The maximum Gasteiger partial charge on any atom is 0.193 e. The molecule has 0 unspecified atom stereocenters. The Bertz CT molecular complexity index is 1500. The van der Waals surface area contributed by atoms with Crippen LogP contribution in [0.4, 0.5) is 11.4 Å². The number of carbonyl (C=O) groups is 1. The Morgan fingerprint density at radius 1 is 0.458 bits per heavy atom. The number of hydrogen-bond donors (Lipinski definition) is 0. The van der Waals surface area contributed by atoms with Crippen LogP contribution in [0.2, 0.25) is 0 Å². The van der Waals surface area contributed by atoms with Crippen molar-refractivity contribution in [3.05, 3.63) is 130 Å². The molecule has 2 fully saturated rings. The number of rotatable bonds is 8. The Hall–Kier alpha value is -3.93. The molecular weight excluding hydrogens is 589 g/mol. The molecule has 5 nitrogen and oxygen atoms in total. The number of benzene rings is 4. The van der Waals surface area contributed by atoms with Crippen LogP contribution in [-0.4, -0.2) is 67.9 Å². The lowest BCUT2D eigenvalue weighted by Gasteiger charge is -2.36. The van der Waals surface area contributed by atoms with Crippen molar-refractivity contribution < 1.29 is 4.79 Å². The fourth-order valence-electron chi connectivity index (χ4n) is 6.88. The van der Waals surface area contributed by atoms with Gasteiger partial charge in [0.1, 0.15) is 0 Å². The lowest BCUT2D eigenvalue weighted by molar-refractivity contribution is 0.103. The minimum Gasteiger partial charge on any atom is -0.369 e. The fourth-order valence-corrected chi connectivity index (χ4v) is 6.88. The summed E-state index contributed by atoms with van der Waals surface area (Å²) in [6.45, 7) is 23.7. The van der Waals surface area contributed by atoms with Crippen molar-refractivity contribution in [2.45, 2.75) is 65.5 Å². The van der Waals surface area contributed by atoms with Gasteiger partial charge in [0.25, 0.3) is 0 Å². The number of carbonyl (C=O) groups excluding carboxylic acids is 1. The minimum absolute atomic E-state index is 0.0882. The first kappa shape index (κ1) is 34.0. The van der Waals surface area contributed by atoms with Crippen LogP contribution in [0.25, 0.3) is 0 Å². The van der Waals surface area contributed by atoms with E-state index < -0.39 is 0 Å². The van der Waals surface area contributed by atoms with Crippen molar-refractivity contribution in [2.24, 2.45) is 0 Å². The van der Waals surface area contributed by atoms with E-state index in [0.717, 1.165) is 76.6 Å². The molecule has 4 aromatic rings. The molecule has 0 atom stereocenters. The minimum atomic E-state index is 0.0882. The molecule has 0 spiro atoms. The first-order valence-corrected chi connectivity index (χ1v) is 17.8. The highest BCUT2D eigenvalue weighted by Gasteiger charge is 2.21. The topological polar surface area (TPSA) is 30.0 Å². The highest BCUT2D eigenvalue weighted by atomic mass is 16.1. The Balaban J connectivity index is 0.950. The van der Waals surface area contributed by atoms with Gasteiger partial charge in [0.2, 0.25) is 0 Å². The molecule has 4 aromatic carbocycles. The van der Waals surface area contributed by atoms with Gasteiger partial charge in [-0.25, -0.2) is 0 Å². The summed E-state index contributed by atoms with van der Waals surface area (Å²) in [7, 11) is 0. The van der Waals surface area contributed by atoms with E-state index in [-0.39, 0.29) is 16.6 Å². The van der Waals surface area contributed by atoms with Crippen LogP contribution in [0, 0.1) is 0 Å². The third-order valence-corrected chi connectivity index (χ3v) is 10.2. The van der Waals surface area contributed by atoms with Crippen molar-refractivity contribution in [3.63, 3.8) is 0 Å². The van der Waals surface area contributed by atoms with Gasteiger partial charge < -0.3 is 9.80 Å². The van der Waals surface area contributed by atoms with Gasteiger partial charge in [-0.2, -0.15) is 0 Å². The summed E-state index contributed by atoms with van der Waals surface area (Å²) >= 11 is 0. The van der Waals surface area contributed by atoms with Crippen LogP contribution in [0.15, 0.2) is 97.1 Å². The van der Waals surface area contributed by atoms with Crippen molar-refractivity contribution in [1.29, 1.82) is 0 Å². The van der Waals surface area contributed by atoms with Crippen LogP contribution in [0.1, 0.15) is 79.7 Å². The Morgan fingerprint density at radius 2 is 0.771 bits per heavy atom. The van der Waals surface area contributed by atoms with E-state index in [0.29, 0.717) is 0 Å². The maximum absolute atomic E-state index is 13.3. The quantitative estimate of drug-likeness (QED) is 0.181. The predicted octanol–water partition coefficient (Wildman–Crippen LogP) is 8.16. The van der Waals surface area contributed by atoms with Crippen LogP contribution >= 0.6 is 0 Å². The van der Waals surface area contributed by atoms with Crippen molar-refractivity contribution in [2.75, 3.05) is 62.2 Å². The van der Waals surface area contributed by atoms with Gasteiger partial charge >= 0.3 is 0 Å². The number of piperazine rings is 2. The standard InChI is InChI=1S/C43H54N4O/c1-42(2,3)37-15-19-39(20-16-37)46-27-23-44(24-28-46)31-33-7-11-35(12-8-33)41(48)36-13-9-34(10-14-36)32-45-25-29-47(30-26-45)40-21-17-38(18-22-40)43(4,5)6/h7-22H,23-32H2,1-6H3. The van der Waals surface area contributed by atoms with Gasteiger partial charge in [-0.1, -0.05) is 114 Å². The molecule has 2 aliphatic rings. The molecule has 2 saturated heterocycles. The zero-order chi connectivity index (χ0) is 33.9. The molecule has 6 rings (SSSR count). The molecule has 5 heteroatoms. The summed E-state index contributed by atoms with van der Waals surface area (Å²) in [4.78, 5) is 23.3. The highest BCUT2D eigenvalue weighted by molar-refractivity contribution is 6.09. The van der Waals surface area contributed by atoms with Crippen LogP contribution in [-0.2, 0) is 23.9 Å². The van der Waals surface area contributed by atoms with E-state index in [2.05, 4.69) is 134 Å². The fraction of sp³-hybridized carbons (Fsp3) is 0.419. The summed E-state index contributed by atoms with van der Waals surface area (Å²) in [5.74, 6) is 0.0882. The Labute approximate surface area is 289 Å². The second kappa shape index (κ2) is 14.3. The molecule has 0 N–H and O–H groups in total. The second-order valence-electron chi connectivity index (χ2n) is 15.8. The summed E-state index contributed by atoms with van der Waals surface area (Å²) in [6.07, 6.45) is 0. The molecule has 2 aliphatic heterocycles. The van der Waals surface area contributed by atoms with E-state index in [9.17, 15) is 4.79 Å². The average Bonchev–Trinajstić information content (AvgIpc) is 3.09. The van der Waals surface area contributed by atoms with Crippen molar-refractivity contribution in [3.8, 4) is 0 Å². The summed E-state index contributed by atoms with van der Waals surface area (Å²) in [5.41, 5.74) is 9.76. The molecule has 0 amide bonds. The molecule has 0 bridgehead atoms. The molecular formula is C43H54N4O. The second-order valence-corrected chi connectivity index (χ2v) is 15.8. The van der Waals surface area contributed by atoms with E-state index >= 15 is 0 Å². The van der Waals surface area contributed by atoms with Gasteiger partial charge in [-0.05, 0) is 57.3 Å². The molecule has 0 saturated carbocycles.